The van der Waals surface area contributed by atoms with Crippen molar-refractivity contribution in [2.24, 2.45) is 0 Å². The summed E-state index contributed by atoms with van der Waals surface area (Å²) in [6.07, 6.45) is 0. The average molecular weight is 53.7 g/mol. The SMILES string of the molecule is N.[B]N[B]. The van der Waals surface area contributed by atoms with Gasteiger partial charge >= 0.3 is 0 Å². The van der Waals surface area contributed by atoms with Crippen molar-refractivity contribution in [2.75, 3.05) is 0 Å². The van der Waals surface area contributed by atoms with Crippen molar-refractivity contribution >= 4 is 16.0 Å². The first-order valence-electron chi connectivity index (χ1n) is 0.577. The molecule has 0 saturated carbocycles. The Balaban J connectivity index is 0. The molecule has 0 amide bonds. The van der Waals surface area contributed by atoms with Gasteiger partial charge in [-0.15, -0.1) is 0 Å². The highest BCUT2D eigenvalue weighted by molar-refractivity contribution is 6.25. The molecular weight excluding hydrogens is 49.6 g/mol. The van der Waals surface area contributed by atoms with Crippen molar-refractivity contribution in [3.8, 4) is 0 Å². The van der Waals surface area contributed by atoms with Gasteiger partial charge in [-0.05, 0) is 0 Å². The van der Waals surface area contributed by atoms with Crippen molar-refractivity contribution in [1.29, 1.82) is 0 Å². The van der Waals surface area contributed by atoms with Gasteiger partial charge in [-0.2, -0.15) is 0 Å². The molecule has 4 heavy (non-hydrogen) atoms. The molecule has 0 aromatic heterocycles. The summed E-state index contributed by atoms with van der Waals surface area (Å²) in [6, 6.07) is 0. The maximum absolute atomic E-state index is 4.38. The molecule has 0 fully saturated rings. The van der Waals surface area contributed by atoms with Gasteiger partial charge in [-0.1, -0.05) is 0 Å². The fourth-order valence-electron chi connectivity index (χ4n) is 0. The van der Waals surface area contributed by atoms with Gasteiger partial charge in [0.05, 0.1) is 0 Å². The highest BCUT2D eigenvalue weighted by Crippen LogP contribution is 0.879. The fourth-order valence-corrected chi connectivity index (χ4v) is 0. The van der Waals surface area contributed by atoms with Gasteiger partial charge in [0.15, 0.2) is 16.0 Å². The first-order valence-corrected chi connectivity index (χ1v) is 0.577. The molecule has 2 nitrogen and oxygen atoms in total. The zero-order valence-electron chi connectivity index (χ0n) is 2.36. The van der Waals surface area contributed by atoms with Crippen molar-refractivity contribution in [3.05, 3.63) is 0 Å². The lowest BCUT2D eigenvalue weighted by atomic mass is 10.3. The Morgan fingerprint density at radius 1 is 1.25 bits per heavy atom. The van der Waals surface area contributed by atoms with Gasteiger partial charge < -0.3 is 11.3 Å². The normalized spacial score (nSPS) is 4.00. The van der Waals surface area contributed by atoms with Crippen LogP contribution in [0.4, 0.5) is 0 Å². The lowest BCUT2D eigenvalue weighted by molar-refractivity contribution is 1.68. The molecule has 0 aliphatic heterocycles. The van der Waals surface area contributed by atoms with E-state index in [0.29, 0.717) is 0 Å². The van der Waals surface area contributed by atoms with E-state index in [1.165, 1.54) is 0 Å². The molecule has 4 heteroatoms. The van der Waals surface area contributed by atoms with E-state index < -0.39 is 0 Å². The maximum atomic E-state index is 4.38. The van der Waals surface area contributed by atoms with Crippen LogP contribution >= 0.6 is 0 Å². The van der Waals surface area contributed by atoms with Crippen LogP contribution in [0.15, 0.2) is 0 Å². The minimum atomic E-state index is 0. The summed E-state index contributed by atoms with van der Waals surface area (Å²) in [5.41, 5.74) is 0. The van der Waals surface area contributed by atoms with E-state index in [1.807, 2.05) is 0 Å². The van der Waals surface area contributed by atoms with Gasteiger partial charge in [-0.25, -0.2) is 0 Å². The summed E-state index contributed by atoms with van der Waals surface area (Å²) in [6.45, 7) is 0. The van der Waals surface area contributed by atoms with E-state index in [4.69, 9.17) is 0 Å². The molecule has 0 aromatic carbocycles. The zero-order chi connectivity index (χ0) is 2.71. The molecule has 20 valence electrons. The molecule has 0 heterocycles. The minimum Gasteiger partial charge on any atom is -0.418 e. The van der Waals surface area contributed by atoms with E-state index >= 15 is 0 Å². The van der Waals surface area contributed by atoms with E-state index in [9.17, 15) is 0 Å². The summed E-state index contributed by atoms with van der Waals surface area (Å²) < 4.78 is 0. The molecule has 0 rings (SSSR count). The summed E-state index contributed by atoms with van der Waals surface area (Å²) in [5.74, 6) is 0. The van der Waals surface area contributed by atoms with E-state index in [-0.39, 0.29) is 6.15 Å². The van der Waals surface area contributed by atoms with Gasteiger partial charge in [0.1, 0.15) is 0 Å². The van der Waals surface area contributed by atoms with Crippen LogP contribution in [0.3, 0.4) is 0 Å². The molecule has 0 bridgehead atoms. The van der Waals surface area contributed by atoms with Crippen molar-refractivity contribution < 1.29 is 0 Å². The average Bonchev–Trinajstić information content (AvgIpc) is 0.918. The second-order valence-corrected chi connectivity index (χ2v) is 0.167. The summed E-state index contributed by atoms with van der Waals surface area (Å²) in [7, 11) is 8.75. The van der Waals surface area contributed by atoms with Crippen LogP contribution in [-0.2, 0) is 0 Å². The maximum Gasteiger partial charge on any atom is 0.163 e. The van der Waals surface area contributed by atoms with E-state index in [1.54, 1.807) is 5.14 Å². The predicted octanol–water partition coefficient (Wildman–Crippen LogP) is -1.10. The van der Waals surface area contributed by atoms with E-state index in [0.717, 1.165) is 0 Å². The fraction of sp³-hybridized carbons (Fsp3) is 0. The van der Waals surface area contributed by atoms with E-state index in [2.05, 4.69) is 16.0 Å². The lowest BCUT2D eigenvalue weighted by Crippen LogP contribution is -1.97. The Kier molecular flexibility index (Phi) is 26.1. The predicted molar refractivity (Wildman–Crippen MR) is 19.7 cm³/mol. The molecule has 0 saturated heterocycles. The Hall–Kier alpha value is 0.0499. The molecule has 0 aliphatic carbocycles. The second kappa shape index (κ2) is 11.6. The second-order valence-electron chi connectivity index (χ2n) is 0.167. The van der Waals surface area contributed by atoms with Gasteiger partial charge in [-0.3, -0.25) is 0 Å². The smallest absolute Gasteiger partial charge is 0.163 e. The van der Waals surface area contributed by atoms with Crippen LogP contribution in [0.1, 0.15) is 0 Å². The Morgan fingerprint density at radius 2 is 1.25 bits per heavy atom. The zero-order valence-corrected chi connectivity index (χ0v) is 2.36. The highest BCUT2D eigenvalue weighted by Gasteiger charge is 1.32. The Labute approximate surface area is 28.4 Å². The van der Waals surface area contributed by atoms with Crippen molar-refractivity contribution in [2.45, 2.75) is 0 Å². The highest BCUT2D eigenvalue weighted by atomic mass is 14.5. The number of nitrogens with one attached hydrogen (secondary N) is 1. The first kappa shape index (κ1) is 8.97. The molecule has 0 unspecified atom stereocenters. The minimum absolute atomic E-state index is 0. The van der Waals surface area contributed by atoms with Gasteiger partial charge in [0.2, 0.25) is 0 Å². The van der Waals surface area contributed by atoms with Crippen molar-refractivity contribution in [3.63, 3.8) is 0 Å². The standard InChI is InChI=1S/B2HN.H3N/c1-3-2;/h3H;1H3. The van der Waals surface area contributed by atoms with Gasteiger partial charge in [0.25, 0.3) is 0 Å². The van der Waals surface area contributed by atoms with Crippen molar-refractivity contribution in [1.82, 2.24) is 11.3 Å². The molecule has 4 radical (unpaired) electrons. The lowest BCUT2D eigenvalue weighted by Gasteiger charge is -1.57. The van der Waals surface area contributed by atoms with Crippen LogP contribution in [0.5, 0.6) is 0 Å². The Bertz CT molecular complexity index is 4.00. The van der Waals surface area contributed by atoms with Crippen LogP contribution in [0, 0.1) is 0 Å². The van der Waals surface area contributed by atoms with Gasteiger partial charge in [0, 0.05) is 0 Å². The number of hydrogen-bond donors (Lipinski definition) is 2. The van der Waals surface area contributed by atoms with Crippen LogP contribution in [0.25, 0.3) is 0 Å². The molecule has 0 aromatic rings. The summed E-state index contributed by atoms with van der Waals surface area (Å²) in [4.78, 5) is 0. The third-order valence-corrected chi connectivity index (χ3v) is 0. The van der Waals surface area contributed by atoms with Crippen LogP contribution in [-0.4, -0.2) is 16.0 Å². The summed E-state index contributed by atoms with van der Waals surface area (Å²) in [5, 5.41) is 1.75. The summed E-state index contributed by atoms with van der Waals surface area (Å²) >= 11 is 0. The monoisotopic (exact) mass is 54.1 g/mol. The molecular formula is H4B2N2. The quantitative estimate of drug-likeness (QED) is 0.345. The van der Waals surface area contributed by atoms with Crippen LogP contribution < -0.4 is 11.3 Å². The third kappa shape index (κ3) is 908. The Morgan fingerprint density at radius 3 is 1.25 bits per heavy atom. The molecule has 4 N–H and O–H groups in total. The number of rotatable bonds is 0. The molecule has 0 spiro atoms. The first-order chi connectivity index (χ1) is 1.41. The molecule has 0 atom stereocenters. The topological polar surface area (TPSA) is 47.0 Å². The molecule has 0 aliphatic rings. The third-order valence-electron chi connectivity index (χ3n) is 0. The largest absolute Gasteiger partial charge is 0.418 e. The number of hydrogen-bond acceptors (Lipinski definition) is 2. The van der Waals surface area contributed by atoms with Crippen LogP contribution in [0.2, 0.25) is 0 Å².